The first-order valence-corrected chi connectivity index (χ1v) is 7.73. The Morgan fingerprint density at radius 1 is 1.19 bits per heavy atom. The number of furan rings is 1. The van der Waals surface area contributed by atoms with E-state index in [1.54, 1.807) is 6.26 Å². The molecule has 0 aliphatic heterocycles. The highest BCUT2D eigenvalue weighted by Gasteiger charge is 2.26. The van der Waals surface area contributed by atoms with Gasteiger partial charge in [-0.3, -0.25) is 0 Å². The van der Waals surface area contributed by atoms with Crippen LogP contribution in [-0.2, 0) is 6.42 Å². The summed E-state index contributed by atoms with van der Waals surface area (Å²) in [7, 11) is 0. The minimum absolute atomic E-state index is 0.184. The largest absolute Gasteiger partial charge is 0.469 e. The lowest BCUT2D eigenvalue weighted by Crippen LogP contribution is -2.31. The Balaban J connectivity index is 1.82. The zero-order chi connectivity index (χ0) is 14.8. The van der Waals surface area contributed by atoms with Gasteiger partial charge in [-0.1, -0.05) is 26.0 Å². The second-order valence-corrected chi connectivity index (χ2v) is 6.18. The molecule has 2 aromatic rings. The Kier molecular flexibility index (Phi) is 4.11. The van der Waals surface area contributed by atoms with Crippen molar-refractivity contribution in [1.82, 2.24) is 5.32 Å². The molecule has 0 saturated heterocycles. The number of hydrogen-bond acceptors (Lipinski definition) is 2. The third-order valence-electron chi connectivity index (χ3n) is 4.33. The number of hydrogen-bond donors (Lipinski definition) is 1. The number of aryl methyl sites for hydroxylation is 1. The summed E-state index contributed by atoms with van der Waals surface area (Å²) < 4.78 is 18.7. The maximum Gasteiger partial charge on any atom is 0.123 e. The zero-order valence-corrected chi connectivity index (χ0v) is 12.6. The number of fused-ring (bicyclic) bond motifs is 1. The maximum absolute atomic E-state index is 13.1. The lowest BCUT2D eigenvalue weighted by molar-refractivity contribution is 0.328. The Labute approximate surface area is 125 Å². The molecule has 1 aliphatic carbocycles. The third kappa shape index (κ3) is 3.03. The molecule has 0 bridgehead atoms. The lowest BCUT2D eigenvalue weighted by Gasteiger charge is -2.31. The van der Waals surface area contributed by atoms with Crippen molar-refractivity contribution >= 4 is 0 Å². The standard InChI is InChI=1S/C18H22FNO/c1-12(2)18(13-6-8-14(19)9-7-13)20-16-4-3-5-17-15(16)10-11-21-17/h6-12,16,18,20H,3-5H2,1-2H3. The van der Waals surface area contributed by atoms with E-state index < -0.39 is 0 Å². The third-order valence-corrected chi connectivity index (χ3v) is 4.33. The number of benzene rings is 1. The molecule has 3 heteroatoms. The van der Waals surface area contributed by atoms with Gasteiger partial charge in [-0.2, -0.15) is 0 Å². The van der Waals surface area contributed by atoms with Gasteiger partial charge in [0.2, 0.25) is 0 Å². The summed E-state index contributed by atoms with van der Waals surface area (Å²) in [5.41, 5.74) is 2.43. The molecule has 1 N–H and O–H groups in total. The molecule has 2 unspecified atom stereocenters. The van der Waals surface area contributed by atoms with Gasteiger partial charge in [0.1, 0.15) is 11.6 Å². The molecule has 0 amide bonds. The molecule has 2 nitrogen and oxygen atoms in total. The quantitative estimate of drug-likeness (QED) is 0.875. The Morgan fingerprint density at radius 3 is 2.67 bits per heavy atom. The Hall–Kier alpha value is -1.61. The predicted molar refractivity (Wildman–Crippen MR) is 81.5 cm³/mol. The van der Waals surface area contributed by atoms with E-state index in [-0.39, 0.29) is 11.9 Å². The number of halogens is 1. The minimum atomic E-state index is -0.184. The van der Waals surface area contributed by atoms with Crippen molar-refractivity contribution in [2.75, 3.05) is 0 Å². The molecule has 1 heterocycles. The lowest BCUT2D eigenvalue weighted by atomic mass is 9.89. The molecule has 0 radical (unpaired) electrons. The van der Waals surface area contributed by atoms with Crippen LogP contribution in [0.3, 0.4) is 0 Å². The van der Waals surface area contributed by atoms with E-state index in [0.29, 0.717) is 12.0 Å². The van der Waals surface area contributed by atoms with Crippen molar-refractivity contribution in [2.45, 2.75) is 45.2 Å². The van der Waals surface area contributed by atoms with E-state index in [1.165, 1.54) is 17.7 Å². The van der Waals surface area contributed by atoms with Crippen LogP contribution in [0.25, 0.3) is 0 Å². The van der Waals surface area contributed by atoms with Crippen LogP contribution in [0.5, 0.6) is 0 Å². The van der Waals surface area contributed by atoms with Crippen LogP contribution in [0.4, 0.5) is 4.39 Å². The fourth-order valence-electron chi connectivity index (χ4n) is 3.22. The van der Waals surface area contributed by atoms with E-state index in [1.807, 2.05) is 12.1 Å². The molecule has 0 spiro atoms. The topological polar surface area (TPSA) is 25.2 Å². The maximum atomic E-state index is 13.1. The summed E-state index contributed by atoms with van der Waals surface area (Å²) in [5.74, 6) is 1.36. The van der Waals surface area contributed by atoms with Gasteiger partial charge >= 0.3 is 0 Å². The SMILES string of the molecule is CC(C)C(NC1CCCc2occc21)c1ccc(F)cc1. The van der Waals surface area contributed by atoms with E-state index in [4.69, 9.17) is 4.42 Å². The summed E-state index contributed by atoms with van der Waals surface area (Å²) in [5, 5.41) is 3.75. The van der Waals surface area contributed by atoms with Crippen molar-refractivity contribution in [2.24, 2.45) is 5.92 Å². The summed E-state index contributed by atoms with van der Waals surface area (Å²) in [6.45, 7) is 4.39. The molecule has 1 aromatic heterocycles. The van der Waals surface area contributed by atoms with Crippen molar-refractivity contribution in [3.63, 3.8) is 0 Å². The molecule has 1 aliphatic rings. The molecule has 2 atom stereocenters. The average Bonchev–Trinajstić information content (AvgIpc) is 2.95. The summed E-state index contributed by atoms with van der Waals surface area (Å²) >= 11 is 0. The fraction of sp³-hybridized carbons (Fsp3) is 0.444. The molecule has 21 heavy (non-hydrogen) atoms. The van der Waals surface area contributed by atoms with Crippen LogP contribution < -0.4 is 5.32 Å². The molecule has 1 aromatic carbocycles. The number of rotatable bonds is 4. The first-order valence-electron chi connectivity index (χ1n) is 7.73. The second-order valence-electron chi connectivity index (χ2n) is 6.18. The van der Waals surface area contributed by atoms with Crippen molar-refractivity contribution in [1.29, 1.82) is 0 Å². The predicted octanol–water partition coefficient (Wildman–Crippen LogP) is 4.78. The van der Waals surface area contributed by atoms with Gasteiger partial charge in [-0.25, -0.2) is 4.39 Å². The summed E-state index contributed by atoms with van der Waals surface area (Å²) in [6, 6.07) is 9.46. The number of nitrogens with one attached hydrogen (secondary N) is 1. The molecule has 112 valence electrons. The Morgan fingerprint density at radius 2 is 1.95 bits per heavy atom. The van der Waals surface area contributed by atoms with E-state index >= 15 is 0 Å². The first-order chi connectivity index (χ1) is 10.1. The normalized spacial score (nSPS) is 19.5. The molecule has 3 rings (SSSR count). The van der Waals surface area contributed by atoms with Gasteiger partial charge < -0.3 is 9.73 Å². The van der Waals surface area contributed by atoms with Crippen LogP contribution in [-0.4, -0.2) is 0 Å². The highest BCUT2D eigenvalue weighted by molar-refractivity contribution is 5.26. The molecule has 0 fully saturated rings. The van der Waals surface area contributed by atoms with E-state index in [2.05, 4.69) is 25.2 Å². The van der Waals surface area contributed by atoms with Gasteiger partial charge in [0, 0.05) is 24.1 Å². The zero-order valence-electron chi connectivity index (χ0n) is 12.6. The summed E-state index contributed by atoms with van der Waals surface area (Å²) in [4.78, 5) is 0. The monoisotopic (exact) mass is 287 g/mol. The minimum Gasteiger partial charge on any atom is -0.469 e. The van der Waals surface area contributed by atoms with Crippen LogP contribution in [0.1, 0.15) is 55.7 Å². The highest BCUT2D eigenvalue weighted by atomic mass is 19.1. The van der Waals surface area contributed by atoms with Crippen LogP contribution in [0.2, 0.25) is 0 Å². The average molecular weight is 287 g/mol. The van der Waals surface area contributed by atoms with E-state index in [0.717, 1.165) is 30.6 Å². The van der Waals surface area contributed by atoms with Crippen LogP contribution in [0.15, 0.2) is 41.0 Å². The van der Waals surface area contributed by atoms with Crippen molar-refractivity contribution in [3.05, 3.63) is 59.3 Å². The fourth-order valence-corrected chi connectivity index (χ4v) is 3.22. The van der Waals surface area contributed by atoms with Crippen molar-refractivity contribution in [3.8, 4) is 0 Å². The van der Waals surface area contributed by atoms with Crippen LogP contribution >= 0.6 is 0 Å². The first kappa shape index (κ1) is 14.3. The van der Waals surface area contributed by atoms with Gasteiger partial charge in [0.25, 0.3) is 0 Å². The second kappa shape index (κ2) is 6.02. The summed E-state index contributed by atoms with van der Waals surface area (Å²) in [6.07, 6.45) is 5.08. The van der Waals surface area contributed by atoms with Gasteiger partial charge in [-0.15, -0.1) is 0 Å². The molecular weight excluding hydrogens is 265 g/mol. The van der Waals surface area contributed by atoms with Gasteiger partial charge in [0.15, 0.2) is 0 Å². The highest BCUT2D eigenvalue weighted by Crippen LogP contribution is 2.34. The van der Waals surface area contributed by atoms with Gasteiger partial charge in [-0.05, 0) is 42.5 Å². The Bertz CT molecular complexity index is 588. The molecule has 0 saturated carbocycles. The molecular formula is C18H22FNO. The van der Waals surface area contributed by atoms with Crippen molar-refractivity contribution < 1.29 is 8.81 Å². The van der Waals surface area contributed by atoms with Gasteiger partial charge in [0.05, 0.1) is 6.26 Å². The van der Waals surface area contributed by atoms with E-state index in [9.17, 15) is 4.39 Å². The smallest absolute Gasteiger partial charge is 0.123 e. The van der Waals surface area contributed by atoms with Crippen LogP contribution in [0, 0.1) is 11.7 Å².